The maximum atomic E-state index is 12.4. The zero-order chi connectivity index (χ0) is 17.1. The minimum Gasteiger partial charge on any atom is -0.373 e. The molecule has 1 aromatic carbocycles. The van der Waals surface area contributed by atoms with Gasteiger partial charge in [0, 0.05) is 24.2 Å². The molecule has 2 aromatic rings. The van der Waals surface area contributed by atoms with Crippen LogP contribution in [0.5, 0.6) is 0 Å². The second-order valence-electron chi connectivity index (χ2n) is 6.39. The number of hydrogen-bond acceptors (Lipinski definition) is 4. The molecule has 1 aliphatic rings. The van der Waals surface area contributed by atoms with Crippen LogP contribution in [-0.2, 0) is 4.74 Å². The van der Waals surface area contributed by atoms with Gasteiger partial charge in [-0.05, 0) is 33.0 Å². The fourth-order valence-electron chi connectivity index (χ4n) is 2.92. The van der Waals surface area contributed by atoms with E-state index in [0.29, 0.717) is 12.3 Å². The highest BCUT2D eigenvalue weighted by Gasteiger charge is 2.24. The number of ether oxygens (including phenoxy) is 1. The topological polar surface area (TPSA) is 66.5 Å². The number of morpholine rings is 1. The lowest BCUT2D eigenvalue weighted by molar-refractivity contribution is -0.0331. The molecule has 2 heterocycles. The molecule has 1 aromatic heterocycles. The Balaban J connectivity index is 1.67. The van der Waals surface area contributed by atoms with Crippen LogP contribution in [0.3, 0.4) is 0 Å². The molecule has 2 unspecified atom stereocenters. The first-order chi connectivity index (χ1) is 11.5. The molecule has 1 fully saturated rings. The Morgan fingerprint density at radius 2 is 2.21 bits per heavy atom. The van der Waals surface area contributed by atoms with Gasteiger partial charge in [-0.1, -0.05) is 18.2 Å². The average molecular weight is 328 g/mol. The summed E-state index contributed by atoms with van der Waals surface area (Å²) < 4.78 is 5.75. The first-order valence-corrected chi connectivity index (χ1v) is 8.27. The van der Waals surface area contributed by atoms with Crippen LogP contribution in [-0.4, -0.2) is 54.8 Å². The summed E-state index contributed by atoms with van der Waals surface area (Å²) in [6.45, 7) is 6.35. The Hall–Kier alpha value is -2.18. The van der Waals surface area contributed by atoms with E-state index in [4.69, 9.17) is 4.74 Å². The number of rotatable bonds is 3. The molecule has 2 N–H and O–H groups in total. The first kappa shape index (κ1) is 16.7. The van der Waals surface area contributed by atoms with Crippen molar-refractivity contribution in [3.63, 3.8) is 0 Å². The number of pyridine rings is 1. The second-order valence-corrected chi connectivity index (χ2v) is 6.39. The molecule has 0 saturated carbocycles. The van der Waals surface area contributed by atoms with Crippen molar-refractivity contribution in [2.24, 2.45) is 0 Å². The van der Waals surface area contributed by atoms with Crippen LogP contribution in [0.4, 0.5) is 10.5 Å². The molecule has 2 amide bonds. The lowest BCUT2D eigenvalue weighted by atomic mass is 10.1. The zero-order valence-electron chi connectivity index (χ0n) is 14.4. The fraction of sp³-hybridized carbons (Fsp3) is 0.444. The number of likely N-dealkylation sites (N-methyl/N-ethyl adjacent to an activating group) is 1. The van der Waals surface area contributed by atoms with Crippen LogP contribution in [0.15, 0.2) is 30.3 Å². The summed E-state index contributed by atoms with van der Waals surface area (Å²) in [5.74, 6) is 0. The second kappa shape index (κ2) is 7.15. The van der Waals surface area contributed by atoms with Gasteiger partial charge >= 0.3 is 6.03 Å². The smallest absolute Gasteiger partial charge is 0.319 e. The van der Waals surface area contributed by atoms with E-state index in [-0.39, 0.29) is 18.2 Å². The van der Waals surface area contributed by atoms with Crippen LogP contribution < -0.4 is 10.6 Å². The molecule has 128 valence electrons. The summed E-state index contributed by atoms with van der Waals surface area (Å²) in [4.78, 5) is 19.1. The monoisotopic (exact) mass is 328 g/mol. The Morgan fingerprint density at radius 3 is 3.00 bits per heavy atom. The van der Waals surface area contributed by atoms with Gasteiger partial charge in [0.1, 0.15) is 0 Å². The van der Waals surface area contributed by atoms with Crippen molar-refractivity contribution in [2.75, 3.05) is 32.1 Å². The third-order valence-corrected chi connectivity index (χ3v) is 4.32. The van der Waals surface area contributed by atoms with Crippen molar-refractivity contribution in [1.29, 1.82) is 0 Å². The van der Waals surface area contributed by atoms with E-state index in [2.05, 4.69) is 27.6 Å². The predicted molar refractivity (Wildman–Crippen MR) is 95.3 cm³/mol. The van der Waals surface area contributed by atoms with Crippen LogP contribution in [0.2, 0.25) is 0 Å². The number of para-hydroxylation sites is 1. The van der Waals surface area contributed by atoms with Crippen LogP contribution in [0.25, 0.3) is 10.9 Å². The van der Waals surface area contributed by atoms with Crippen molar-refractivity contribution < 1.29 is 9.53 Å². The number of nitrogens with zero attached hydrogens (tertiary/aromatic N) is 2. The highest BCUT2D eigenvalue weighted by molar-refractivity contribution is 5.99. The van der Waals surface area contributed by atoms with Gasteiger partial charge in [0.15, 0.2) is 0 Å². The lowest BCUT2D eigenvalue weighted by Crippen LogP contribution is -2.52. The van der Waals surface area contributed by atoms with Gasteiger partial charge in [-0.25, -0.2) is 4.79 Å². The minimum absolute atomic E-state index is 0.00221. The molecule has 0 bridgehead atoms. The van der Waals surface area contributed by atoms with Gasteiger partial charge in [0.05, 0.1) is 30.0 Å². The third-order valence-electron chi connectivity index (χ3n) is 4.32. The molecular weight excluding hydrogens is 304 g/mol. The summed E-state index contributed by atoms with van der Waals surface area (Å²) in [5.41, 5.74) is 2.43. The van der Waals surface area contributed by atoms with Crippen molar-refractivity contribution in [3.8, 4) is 0 Å². The van der Waals surface area contributed by atoms with Gasteiger partial charge in [-0.15, -0.1) is 0 Å². The van der Waals surface area contributed by atoms with Gasteiger partial charge in [-0.2, -0.15) is 0 Å². The number of benzene rings is 1. The number of aryl methyl sites for hydroxylation is 1. The Labute approximate surface area is 142 Å². The molecule has 0 radical (unpaired) electrons. The van der Waals surface area contributed by atoms with Gasteiger partial charge in [0.2, 0.25) is 0 Å². The first-order valence-electron chi connectivity index (χ1n) is 8.27. The van der Waals surface area contributed by atoms with Crippen LogP contribution >= 0.6 is 0 Å². The Morgan fingerprint density at radius 1 is 1.38 bits per heavy atom. The number of amides is 2. The predicted octanol–water partition coefficient (Wildman–Crippen LogP) is 2.38. The van der Waals surface area contributed by atoms with E-state index >= 15 is 0 Å². The van der Waals surface area contributed by atoms with E-state index in [1.54, 1.807) is 0 Å². The van der Waals surface area contributed by atoms with E-state index in [1.807, 2.05) is 44.2 Å². The lowest BCUT2D eigenvalue weighted by Gasteiger charge is -2.33. The maximum Gasteiger partial charge on any atom is 0.319 e. The summed E-state index contributed by atoms with van der Waals surface area (Å²) >= 11 is 0. The van der Waals surface area contributed by atoms with Gasteiger partial charge < -0.3 is 20.3 Å². The quantitative estimate of drug-likeness (QED) is 0.908. The number of anilines is 1. The summed E-state index contributed by atoms with van der Waals surface area (Å²) in [6, 6.07) is 9.42. The number of fused-ring (bicyclic) bond motifs is 1. The fourth-order valence-corrected chi connectivity index (χ4v) is 2.92. The zero-order valence-corrected chi connectivity index (χ0v) is 14.4. The highest BCUT2D eigenvalue weighted by Crippen LogP contribution is 2.21. The third kappa shape index (κ3) is 3.83. The number of carbonyl (C=O) groups is 1. The summed E-state index contributed by atoms with van der Waals surface area (Å²) in [7, 11) is 2.06. The van der Waals surface area contributed by atoms with E-state index in [1.165, 1.54) is 0 Å². The SMILES string of the molecule is Cc1ccc2cccc(NC(=O)NC(C)C3CN(C)CCO3)c2n1. The molecular formula is C18H24N4O2. The van der Waals surface area contributed by atoms with Crippen molar-refractivity contribution in [3.05, 3.63) is 36.0 Å². The standard InChI is InChI=1S/C18H24N4O2/c1-12-7-8-14-5-4-6-15(17(14)19-12)21-18(23)20-13(2)16-11-22(3)9-10-24-16/h4-8,13,16H,9-11H2,1-3H3,(H2,20,21,23). The Bertz CT molecular complexity index is 734. The molecule has 0 spiro atoms. The van der Waals surface area contributed by atoms with E-state index < -0.39 is 0 Å². The minimum atomic E-state index is -0.241. The number of hydrogen-bond donors (Lipinski definition) is 2. The van der Waals surface area contributed by atoms with E-state index in [0.717, 1.165) is 29.7 Å². The number of aromatic nitrogens is 1. The molecule has 6 heteroatoms. The van der Waals surface area contributed by atoms with Crippen molar-refractivity contribution in [2.45, 2.75) is 26.0 Å². The van der Waals surface area contributed by atoms with Crippen LogP contribution in [0, 0.1) is 6.92 Å². The molecule has 1 saturated heterocycles. The van der Waals surface area contributed by atoms with E-state index in [9.17, 15) is 4.79 Å². The molecule has 0 aliphatic carbocycles. The molecule has 24 heavy (non-hydrogen) atoms. The number of urea groups is 1. The van der Waals surface area contributed by atoms with Crippen molar-refractivity contribution in [1.82, 2.24) is 15.2 Å². The summed E-state index contributed by atoms with van der Waals surface area (Å²) in [6.07, 6.45) is 0.00221. The summed E-state index contributed by atoms with van der Waals surface area (Å²) in [5, 5.41) is 6.88. The number of carbonyl (C=O) groups excluding carboxylic acids is 1. The molecule has 6 nitrogen and oxygen atoms in total. The largest absolute Gasteiger partial charge is 0.373 e. The van der Waals surface area contributed by atoms with Gasteiger partial charge in [0.25, 0.3) is 0 Å². The van der Waals surface area contributed by atoms with Gasteiger partial charge in [-0.3, -0.25) is 4.98 Å². The van der Waals surface area contributed by atoms with Crippen molar-refractivity contribution >= 4 is 22.6 Å². The maximum absolute atomic E-state index is 12.4. The molecule has 1 aliphatic heterocycles. The van der Waals surface area contributed by atoms with Crippen LogP contribution in [0.1, 0.15) is 12.6 Å². The normalized spacial score (nSPS) is 19.9. The number of nitrogens with one attached hydrogen (secondary N) is 2. The Kier molecular flexibility index (Phi) is 4.97. The average Bonchev–Trinajstić information content (AvgIpc) is 2.55. The highest BCUT2D eigenvalue weighted by atomic mass is 16.5. The molecule has 3 rings (SSSR count). The molecule has 2 atom stereocenters.